The third-order valence-electron chi connectivity index (χ3n) is 1.90. The van der Waals surface area contributed by atoms with Crippen molar-refractivity contribution in [2.45, 2.75) is 26.4 Å². The zero-order valence-electron chi connectivity index (χ0n) is 11.3. The Balaban J connectivity index is 2.44. The number of hydrogen-bond donors (Lipinski definition) is 1. The number of halogens is 2. The van der Waals surface area contributed by atoms with Crippen molar-refractivity contribution >= 4 is 12.1 Å². The molecule has 0 aliphatic rings. The summed E-state index contributed by atoms with van der Waals surface area (Å²) in [5, 5.41) is 2.18. The van der Waals surface area contributed by atoms with E-state index >= 15 is 0 Å². The van der Waals surface area contributed by atoms with Crippen molar-refractivity contribution in [1.29, 1.82) is 0 Å². The number of nitrogens with one attached hydrogen (secondary N) is 1. The van der Waals surface area contributed by atoms with Crippen molar-refractivity contribution in [2.75, 3.05) is 6.54 Å². The van der Waals surface area contributed by atoms with Gasteiger partial charge in [-0.15, -0.1) is 0 Å². The second-order valence-electron chi connectivity index (χ2n) is 4.91. The number of amides is 1. The van der Waals surface area contributed by atoms with Crippen molar-refractivity contribution in [3.63, 3.8) is 0 Å². The van der Waals surface area contributed by atoms with Crippen LogP contribution in [0.1, 0.15) is 20.8 Å². The number of hydrogen-bond acceptors (Lipinski definition) is 4. The molecule has 1 aromatic rings. The van der Waals surface area contributed by atoms with Gasteiger partial charge < -0.3 is 14.8 Å². The lowest BCUT2D eigenvalue weighted by Crippen LogP contribution is -2.36. The van der Waals surface area contributed by atoms with E-state index in [9.17, 15) is 18.4 Å². The molecule has 1 rings (SSSR count). The average Bonchev–Trinajstić information content (AvgIpc) is 2.29. The number of ether oxygens (including phenoxy) is 2. The summed E-state index contributed by atoms with van der Waals surface area (Å²) in [5.74, 6) is -3.16. The fraction of sp³-hybridized carbons (Fsp3) is 0.385. The van der Waals surface area contributed by atoms with Crippen molar-refractivity contribution in [1.82, 2.24) is 5.32 Å². The van der Waals surface area contributed by atoms with Crippen LogP contribution in [0.4, 0.5) is 13.6 Å². The van der Waals surface area contributed by atoms with Gasteiger partial charge in [-0.3, -0.25) is 0 Å². The van der Waals surface area contributed by atoms with E-state index in [4.69, 9.17) is 9.47 Å². The van der Waals surface area contributed by atoms with Crippen LogP contribution in [0.15, 0.2) is 18.2 Å². The summed E-state index contributed by atoms with van der Waals surface area (Å²) in [4.78, 5) is 22.6. The Kier molecular flexibility index (Phi) is 5.01. The molecule has 0 radical (unpaired) electrons. The van der Waals surface area contributed by atoms with Crippen LogP contribution in [0.2, 0.25) is 0 Å². The highest BCUT2D eigenvalue weighted by molar-refractivity contribution is 5.79. The summed E-state index contributed by atoms with van der Waals surface area (Å²) in [7, 11) is 0. The second-order valence-corrected chi connectivity index (χ2v) is 4.91. The van der Waals surface area contributed by atoms with E-state index in [2.05, 4.69) is 5.32 Å². The van der Waals surface area contributed by atoms with Crippen LogP contribution in [0.25, 0.3) is 0 Å². The number of benzene rings is 1. The van der Waals surface area contributed by atoms with Gasteiger partial charge in [-0.05, 0) is 32.9 Å². The first-order chi connectivity index (χ1) is 9.17. The number of alkyl carbamates (subject to hydrolysis) is 1. The van der Waals surface area contributed by atoms with E-state index < -0.39 is 35.8 Å². The van der Waals surface area contributed by atoms with Gasteiger partial charge in [0, 0.05) is 6.07 Å². The molecule has 1 N–H and O–H groups in total. The minimum absolute atomic E-state index is 0.153. The van der Waals surface area contributed by atoms with Crippen LogP contribution in [-0.2, 0) is 9.53 Å². The molecule has 0 bridgehead atoms. The highest BCUT2D eigenvalue weighted by Gasteiger charge is 2.17. The number of esters is 1. The first-order valence-electron chi connectivity index (χ1n) is 5.80. The zero-order chi connectivity index (χ0) is 15.3. The lowest BCUT2D eigenvalue weighted by atomic mass is 10.2. The lowest BCUT2D eigenvalue weighted by Gasteiger charge is -2.19. The Morgan fingerprint density at radius 1 is 1.20 bits per heavy atom. The average molecular weight is 287 g/mol. The largest absolute Gasteiger partial charge is 0.444 e. The first kappa shape index (κ1) is 15.9. The maximum Gasteiger partial charge on any atom is 0.408 e. The zero-order valence-corrected chi connectivity index (χ0v) is 11.3. The van der Waals surface area contributed by atoms with Crippen molar-refractivity contribution in [3.05, 3.63) is 29.8 Å². The van der Waals surface area contributed by atoms with Gasteiger partial charge in [-0.1, -0.05) is 0 Å². The molecular formula is C13H15F2NO4. The summed E-state index contributed by atoms with van der Waals surface area (Å²) in [5.41, 5.74) is -0.686. The minimum atomic E-state index is -1.13. The first-order valence-corrected chi connectivity index (χ1v) is 5.80. The van der Waals surface area contributed by atoms with Gasteiger partial charge in [0.25, 0.3) is 0 Å². The number of rotatable bonds is 3. The quantitative estimate of drug-likeness (QED) is 0.685. The maximum atomic E-state index is 12.9. The lowest BCUT2D eigenvalue weighted by molar-refractivity contribution is -0.133. The number of carbonyl (C=O) groups excluding carboxylic acids is 2. The molecule has 0 atom stereocenters. The summed E-state index contributed by atoms with van der Waals surface area (Å²) < 4.78 is 35.2. The van der Waals surface area contributed by atoms with E-state index in [0.717, 1.165) is 18.2 Å². The molecule has 0 aliphatic heterocycles. The van der Waals surface area contributed by atoms with Crippen LogP contribution in [-0.4, -0.2) is 24.2 Å². The van der Waals surface area contributed by atoms with Gasteiger partial charge in [0.1, 0.15) is 17.9 Å². The van der Waals surface area contributed by atoms with E-state index in [-0.39, 0.29) is 5.75 Å². The van der Waals surface area contributed by atoms with Crippen molar-refractivity contribution in [3.8, 4) is 5.75 Å². The molecular weight excluding hydrogens is 272 g/mol. The Labute approximate surface area is 114 Å². The second kappa shape index (κ2) is 6.31. The molecule has 0 spiro atoms. The van der Waals surface area contributed by atoms with Gasteiger partial charge >= 0.3 is 12.1 Å². The Morgan fingerprint density at radius 3 is 2.40 bits per heavy atom. The molecule has 1 amide bonds. The predicted octanol–water partition coefficient (Wildman–Crippen LogP) is 2.39. The Morgan fingerprint density at radius 2 is 1.85 bits per heavy atom. The molecule has 5 nitrogen and oxygen atoms in total. The van der Waals surface area contributed by atoms with Crippen LogP contribution in [0, 0.1) is 11.6 Å². The van der Waals surface area contributed by atoms with Gasteiger partial charge in [0.2, 0.25) is 0 Å². The highest BCUT2D eigenvalue weighted by atomic mass is 19.2. The fourth-order valence-electron chi connectivity index (χ4n) is 1.17. The summed E-state index contributed by atoms with van der Waals surface area (Å²) in [6.45, 7) is 4.57. The molecule has 1 aromatic carbocycles. The number of carbonyl (C=O) groups is 2. The molecule has 0 saturated heterocycles. The topological polar surface area (TPSA) is 64.6 Å². The summed E-state index contributed by atoms with van der Waals surface area (Å²) >= 11 is 0. The fourth-order valence-corrected chi connectivity index (χ4v) is 1.17. The third kappa shape index (κ3) is 5.64. The van der Waals surface area contributed by atoms with Crippen LogP contribution in [0.5, 0.6) is 5.75 Å². The molecule has 0 fully saturated rings. The Hall–Kier alpha value is -2.18. The minimum Gasteiger partial charge on any atom is -0.444 e. The van der Waals surface area contributed by atoms with Gasteiger partial charge in [-0.25, -0.2) is 18.4 Å². The van der Waals surface area contributed by atoms with Gasteiger partial charge in [0.15, 0.2) is 11.6 Å². The van der Waals surface area contributed by atoms with E-state index in [0.29, 0.717) is 0 Å². The van der Waals surface area contributed by atoms with Crippen molar-refractivity contribution < 1.29 is 27.8 Å². The molecule has 0 aliphatic carbocycles. The Bertz CT molecular complexity index is 512. The van der Waals surface area contributed by atoms with Crippen LogP contribution in [0.3, 0.4) is 0 Å². The molecule has 0 heterocycles. The molecule has 110 valence electrons. The van der Waals surface area contributed by atoms with Crippen molar-refractivity contribution in [2.24, 2.45) is 0 Å². The monoisotopic (exact) mass is 287 g/mol. The molecule has 0 unspecified atom stereocenters. The van der Waals surface area contributed by atoms with Gasteiger partial charge in [-0.2, -0.15) is 0 Å². The SMILES string of the molecule is CC(C)(C)OC(=O)NCC(=O)Oc1ccc(F)c(F)c1. The third-order valence-corrected chi connectivity index (χ3v) is 1.90. The smallest absolute Gasteiger partial charge is 0.408 e. The standard InChI is InChI=1S/C13H15F2NO4/c1-13(2,3)20-12(18)16-7-11(17)19-8-4-5-9(14)10(15)6-8/h4-6H,7H2,1-3H3,(H,16,18). The molecule has 7 heteroatoms. The maximum absolute atomic E-state index is 12.9. The summed E-state index contributed by atoms with van der Waals surface area (Å²) in [6, 6.07) is 2.67. The predicted molar refractivity (Wildman–Crippen MR) is 66.2 cm³/mol. The summed E-state index contributed by atoms with van der Waals surface area (Å²) in [6.07, 6.45) is -0.778. The highest BCUT2D eigenvalue weighted by Crippen LogP contribution is 2.15. The van der Waals surface area contributed by atoms with E-state index in [1.807, 2.05) is 0 Å². The van der Waals surface area contributed by atoms with E-state index in [1.165, 1.54) is 0 Å². The van der Waals surface area contributed by atoms with E-state index in [1.54, 1.807) is 20.8 Å². The van der Waals surface area contributed by atoms with Crippen LogP contribution < -0.4 is 10.1 Å². The molecule has 20 heavy (non-hydrogen) atoms. The van der Waals surface area contributed by atoms with Gasteiger partial charge in [0.05, 0.1) is 0 Å². The molecule has 0 saturated carbocycles. The normalized spacial score (nSPS) is 10.8. The van der Waals surface area contributed by atoms with Crippen LogP contribution >= 0.6 is 0 Å². The molecule has 0 aromatic heterocycles.